The number of carbonyl (C=O) groups excluding carboxylic acids is 2. The number of alkyl carbamates (subject to hydrolysis) is 1. The second-order valence-corrected chi connectivity index (χ2v) is 8.48. The van der Waals surface area contributed by atoms with Gasteiger partial charge in [0.05, 0.1) is 13.7 Å². The van der Waals surface area contributed by atoms with Gasteiger partial charge in [0.15, 0.2) is 0 Å². The van der Waals surface area contributed by atoms with E-state index >= 15 is 0 Å². The molecular weight excluding hydrogens is 602 g/mol. The summed E-state index contributed by atoms with van der Waals surface area (Å²) in [5, 5.41) is 15.3. The Bertz CT molecular complexity index is 810. The van der Waals surface area contributed by atoms with Crippen molar-refractivity contribution in [3.05, 3.63) is 60.7 Å². The number of carbonyl (C=O) groups is 2. The van der Waals surface area contributed by atoms with Gasteiger partial charge in [-0.05, 0) is 68.4 Å². The molecule has 0 saturated heterocycles. The van der Waals surface area contributed by atoms with Gasteiger partial charge in [0.1, 0.15) is 18.4 Å². The molecule has 0 unspecified atom stereocenters. The highest BCUT2D eigenvalue weighted by Gasteiger charge is 2.22. The van der Waals surface area contributed by atoms with E-state index in [2.05, 4.69) is 10.6 Å². The van der Waals surface area contributed by atoms with Crippen molar-refractivity contribution >= 4 is 57.2 Å². The third-order valence-corrected chi connectivity index (χ3v) is 5.59. The molecule has 0 radical (unpaired) electrons. The number of nitrogens with one attached hydrogen (secondary N) is 2. The van der Waals surface area contributed by atoms with Crippen LogP contribution in [-0.2, 0) is 27.3 Å². The van der Waals surface area contributed by atoms with Crippen molar-refractivity contribution in [3.8, 4) is 5.75 Å². The third kappa shape index (κ3) is 7.97. The smallest absolute Gasteiger partial charge is 0.408 e. The van der Waals surface area contributed by atoms with Crippen LogP contribution in [0.4, 0.5) is 4.79 Å². The third-order valence-electron chi connectivity index (χ3n) is 3.94. The first kappa shape index (κ1) is 23.7. The number of aromatic hydroxyl groups is 1. The Morgan fingerprint density at radius 2 is 1.76 bits per heavy atom. The van der Waals surface area contributed by atoms with Gasteiger partial charge in [-0.2, -0.15) is 0 Å². The van der Waals surface area contributed by atoms with Gasteiger partial charge in [-0.1, -0.05) is 30.3 Å². The van der Waals surface area contributed by atoms with Crippen LogP contribution in [0.25, 0.3) is 0 Å². The minimum atomic E-state index is -0.828. The lowest BCUT2D eigenvalue weighted by Crippen LogP contribution is -2.48. The fourth-order valence-electron chi connectivity index (χ4n) is 2.49. The van der Waals surface area contributed by atoms with Crippen LogP contribution in [0.5, 0.6) is 5.75 Å². The Labute approximate surface area is 196 Å². The second kappa shape index (κ2) is 12.2. The Morgan fingerprint density at radius 1 is 1.10 bits per heavy atom. The Hall–Kier alpha value is -1.60. The topological polar surface area (TPSA) is 96.9 Å². The molecule has 1 atom stereocenters. The van der Waals surface area contributed by atoms with Gasteiger partial charge in [0.25, 0.3) is 0 Å². The van der Waals surface area contributed by atoms with Gasteiger partial charge in [0.2, 0.25) is 5.91 Å². The molecular formula is C20H22I2N2O5. The Morgan fingerprint density at radius 3 is 2.38 bits per heavy atom. The molecule has 29 heavy (non-hydrogen) atoms. The zero-order valence-corrected chi connectivity index (χ0v) is 20.1. The summed E-state index contributed by atoms with van der Waals surface area (Å²) in [6.45, 7) is 0.808. The number of phenols is 1. The summed E-state index contributed by atoms with van der Waals surface area (Å²) in [5.74, 6) is -0.136. The first-order chi connectivity index (χ1) is 13.9. The number of amides is 2. The van der Waals surface area contributed by atoms with E-state index in [1.807, 2.05) is 75.5 Å². The molecule has 0 fully saturated rings. The molecule has 7 nitrogen and oxygen atoms in total. The molecule has 0 aliphatic rings. The molecule has 0 saturated carbocycles. The van der Waals surface area contributed by atoms with Gasteiger partial charge in [0, 0.05) is 20.1 Å². The number of hydrogen-bond acceptors (Lipinski definition) is 5. The lowest BCUT2D eigenvalue weighted by molar-refractivity contribution is -0.123. The average Bonchev–Trinajstić information content (AvgIpc) is 2.71. The van der Waals surface area contributed by atoms with Crippen LogP contribution >= 0.6 is 45.2 Å². The maximum absolute atomic E-state index is 12.6. The van der Waals surface area contributed by atoms with Crippen molar-refractivity contribution in [2.45, 2.75) is 19.1 Å². The molecule has 0 heterocycles. The van der Waals surface area contributed by atoms with Crippen LogP contribution in [0.15, 0.2) is 42.5 Å². The number of phenolic OH excluding ortho intramolecular Hbond substituents is 1. The van der Waals surface area contributed by atoms with Crippen molar-refractivity contribution in [1.29, 1.82) is 0 Å². The number of hydrogen-bond donors (Lipinski definition) is 3. The fourth-order valence-corrected chi connectivity index (χ4v) is 4.38. The standard InChI is InChI=1S/C20H22I2N2O5/c1-28-8-7-23-19(26)17(11-14-9-15(21)18(25)16(22)10-14)24-20(27)29-12-13-5-3-2-4-6-13/h2-6,9-10,17,25H,7-8,11-12H2,1H3,(H,23,26)(H,24,27)/t17-/m0/s1. The van der Waals surface area contributed by atoms with E-state index in [0.29, 0.717) is 20.3 Å². The molecule has 2 aromatic carbocycles. The van der Waals surface area contributed by atoms with Gasteiger partial charge in [-0.15, -0.1) is 0 Å². The highest BCUT2D eigenvalue weighted by Crippen LogP contribution is 2.27. The van der Waals surface area contributed by atoms with E-state index in [4.69, 9.17) is 9.47 Å². The van der Waals surface area contributed by atoms with Crippen molar-refractivity contribution in [1.82, 2.24) is 10.6 Å². The summed E-state index contributed by atoms with van der Waals surface area (Å²) in [6, 6.07) is 12.0. The zero-order valence-electron chi connectivity index (χ0n) is 15.8. The van der Waals surface area contributed by atoms with E-state index < -0.39 is 12.1 Å². The first-order valence-electron chi connectivity index (χ1n) is 8.81. The van der Waals surface area contributed by atoms with Gasteiger partial charge >= 0.3 is 6.09 Å². The molecule has 0 spiro atoms. The summed E-state index contributed by atoms with van der Waals surface area (Å²) in [4.78, 5) is 24.8. The lowest BCUT2D eigenvalue weighted by Gasteiger charge is -2.19. The molecule has 2 aromatic rings. The number of methoxy groups -OCH3 is 1. The highest BCUT2D eigenvalue weighted by atomic mass is 127. The van der Waals surface area contributed by atoms with Crippen molar-refractivity contribution < 1.29 is 24.2 Å². The Balaban J connectivity index is 2.05. The highest BCUT2D eigenvalue weighted by molar-refractivity contribution is 14.1. The van der Waals surface area contributed by atoms with E-state index in [0.717, 1.165) is 11.1 Å². The first-order valence-corrected chi connectivity index (χ1v) is 11.0. The van der Waals surface area contributed by atoms with Crippen LogP contribution in [0, 0.1) is 7.14 Å². The van der Waals surface area contributed by atoms with Crippen LogP contribution in [-0.4, -0.2) is 43.4 Å². The maximum atomic E-state index is 12.6. The summed E-state index contributed by atoms with van der Waals surface area (Å²) in [7, 11) is 1.54. The SMILES string of the molecule is COCCNC(=O)[C@H](Cc1cc(I)c(O)c(I)c1)NC(=O)OCc1ccccc1. The van der Waals surface area contributed by atoms with E-state index in [9.17, 15) is 14.7 Å². The van der Waals surface area contributed by atoms with Gasteiger partial charge < -0.3 is 25.2 Å². The minimum Gasteiger partial charge on any atom is -0.506 e. The van der Waals surface area contributed by atoms with Crippen molar-refractivity contribution in [2.24, 2.45) is 0 Å². The maximum Gasteiger partial charge on any atom is 0.408 e. The predicted octanol–water partition coefficient (Wildman–Crippen LogP) is 3.20. The van der Waals surface area contributed by atoms with Crippen LogP contribution in [0.2, 0.25) is 0 Å². The minimum absolute atomic E-state index is 0.111. The molecule has 156 valence electrons. The molecule has 0 bridgehead atoms. The number of rotatable bonds is 9. The molecule has 2 rings (SSSR count). The van der Waals surface area contributed by atoms with Gasteiger partial charge in [-0.25, -0.2) is 4.79 Å². The molecule has 0 aliphatic heterocycles. The molecule has 0 aliphatic carbocycles. The molecule has 9 heteroatoms. The number of benzene rings is 2. The fraction of sp³-hybridized carbons (Fsp3) is 0.300. The van der Waals surface area contributed by atoms with Crippen LogP contribution in [0.3, 0.4) is 0 Å². The van der Waals surface area contributed by atoms with E-state index in [1.54, 1.807) is 19.2 Å². The molecule has 3 N–H and O–H groups in total. The van der Waals surface area contributed by atoms with Crippen LogP contribution in [0.1, 0.15) is 11.1 Å². The summed E-state index contributed by atoms with van der Waals surface area (Å²) in [6.07, 6.45) is -0.421. The summed E-state index contributed by atoms with van der Waals surface area (Å²) in [5.41, 5.74) is 1.67. The van der Waals surface area contributed by atoms with E-state index in [-0.39, 0.29) is 24.7 Å². The zero-order chi connectivity index (χ0) is 21.2. The predicted molar refractivity (Wildman–Crippen MR) is 126 cm³/mol. The monoisotopic (exact) mass is 624 g/mol. The summed E-state index contributed by atoms with van der Waals surface area (Å²) < 4.78 is 11.5. The van der Waals surface area contributed by atoms with E-state index in [1.165, 1.54) is 0 Å². The normalized spacial score (nSPS) is 11.6. The number of halogens is 2. The Kier molecular flexibility index (Phi) is 9.94. The quantitative estimate of drug-likeness (QED) is 0.295. The number of ether oxygens (including phenoxy) is 2. The second-order valence-electron chi connectivity index (χ2n) is 6.15. The van der Waals surface area contributed by atoms with Crippen molar-refractivity contribution in [3.63, 3.8) is 0 Å². The van der Waals surface area contributed by atoms with Gasteiger partial charge in [-0.3, -0.25) is 4.79 Å². The van der Waals surface area contributed by atoms with Crippen LogP contribution < -0.4 is 10.6 Å². The lowest BCUT2D eigenvalue weighted by atomic mass is 10.1. The summed E-state index contributed by atoms with van der Waals surface area (Å²) >= 11 is 4.06. The van der Waals surface area contributed by atoms with Crippen molar-refractivity contribution in [2.75, 3.05) is 20.3 Å². The molecule has 2 amide bonds. The average molecular weight is 624 g/mol. The largest absolute Gasteiger partial charge is 0.506 e. The molecule has 0 aromatic heterocycles.